The van der Waals surface area contributed by atoms with Crippen molar-refractivity contribution in [2.75, 3.05) is 13.2 Å². The zero-order valence-corrected chi connectivity index (χ0v) is 25.1. The Labute approximate surface area is 250 Å². The summed E-state index contributed by atoms with van der Waals surface area (Å²) in [5, 5.41) is 13.0. The number of amides is 2. The average Bonchev–Trinajstić information content (AvgIpc) is 2.98. The Morgan fingerprint density at radius 3 is 2.40 bits per heavy atom. The molecule has 226 valence electrons. The van der Waals surface area contributed by atoms with Gasteiger partial charge in [-0.25, -0.2) is 0 Å². The van der Waals surface area contributed by atoms with Crippen molar-refractivity contribution in [3.8, 4) is 0 Å². The third kappa shape index (κ3) is 9.69. The highest BCUT2D eigenvalue weighted by atomic mass is 16.5. The van der Waals surface area contributed by atoms with Crippen LogP contribution in [0.1, 0.15) is 62.6 Å². The Hall–Kier alpha value is -3.71. The molecular formula is C35H46N2O5. The van der Waals surface area contributed by atoms with Gasteiger partial charge in [0.1, 0.15) is 6.61 Å². The van der Waals surface area contributed by atoms with Gasteiger partial charge in [-0.2, -0.15) is 0 Å². The number of nitrogens with one attached hydrogen (secondary N) is 1. The van der Waals surface area contributed by atoms with Gasteiger partial charge in [0, 0.05) is 13.0 Å². The van der Waals surface area contributed by atoms with E-state index in [9.17, 15) is 19.5 Å². The second kappa shape index (κ2) is 16.1. The van der Waals surface area contributed by atoms with Gasteiger partial charge < -0.3 is 20.1 Å². The molecule has 0 spiro atoms. The van der Waals surface area contributed by atoms with Gasteiger partial charge in [0.15, 0.2) is 0 Å². The van der Waals surface area contributed by atoms with Crippen LogP contribution in [0.3, 0.4) is 0 Å². The first kappa shape index (κ1) is 32.8. The average molecular weight is 575 g/mol. The van der Waals surface area contributed by atoms with Crippen LogP contribution in [0.4, 0.5) is 0 Å². The number of unbranched alkanes of at least 4 members (excludes halogenated alkanes) is 1. The summed E-state index contributed by atoms with van der Waals surface area (Å²) in [7, 11) is 0. The van der Waals surface area contributed by atoms with Gasteiger partial charge in [-0.3, -0.25) is 14.4 Å². The predicted molar refractivity (Wildman–Crippen MR) is 165 cm³/mol. The second-order valence-corrected chi connectivity index (χ2v) is 11.8. The number of nitrogens with zero attached hydrogens (tertiary/aromatic N) is 1. The maximum Gasteiger partial charge on any atom is 0.309 e. The van der Waals surface area contributed by atoms with Crippen molar-refractivity contribution >= 4 is 17.8 Å². The molecule has 2 amide bonds. The van der Waals surface area contributed by atoms with Gasteiger partial charge in [-0.05, 0) is 69.1 Å². The van der Waals surface area contributed by atoms with Crippen molar-refractivity contribution < 1.29 is 24.2 Å². The molecule has 0 bridgehead atoms. The first-order chi connectivity index (χ1) is 20.2. The second-order valence-electron chi connectivity index (χ2n) is 11.8. The Morgan fingerprint density at radius 2 is 1.74 bits per heavy atom. The van der Waals surface area contributed by atoms with Crippen molar-refractivity contribution in [2.45, 2.75) is 76.9 Å². The van der Waals surface area contributed by atoms with Gasteiger partial charge >= 0.3 is 5.97 Å². The van der Waals surface area contributed by atoms with Gasteiger partial charge in [-0.1, -0.05) is 66.7 Å². The summed E-state index contributed by atoms with van der Waals surface area (Å²) >= 11 is 0. The fourth-order valence-corrected chi connectivity index (χ4v) is 5.41. The molecule has 3 atom stereocenters. The predicted octanol–water partition coefficient (Wildman–Crippen LogP) is 5.17. The fourth-order valence-electron chi connectivity index (χ4n) is 5.41. The molecule has 1 heterocycles. The SMILES string of the molecule is C=CCCC[C@H](Cc1ccccc1)C(=O)OCC(C)(C)NC(=O)[C@H](CC=C)CC(=O)N1Cc2ccccc2C[C@H]1CO. The molecule has 2 aromatic rings. The van der Waals surface area contributed by atoms with Gasteiger partial charge in [-0.15, -0.1) is 13.2 Å². The lowest BCUT2D eigenvalue weighted by molar-refractivity contribution is -0.151. The first-order valence-corrected chi connectivity index (χ1v) is 14.9. The Morgan fingerprint density at radius 1 is 1.05 bits per heavy atom. The third-order valence-electron chi connectivity index (χ3n) is 7.79. The molecule has 0 aromatic heterocycles. The van der Waals surface area contributed by atoms with Crippen LogP contribution in [0.25, 0.3) is 0 Å². The molecule has 0 saturated carbocycles. The highest BCUT2D eigenvalue weighted by Crippen LogP contribution is 2.26. The summed E-state index contributed by atoms with van der Waals surface area (Å²) < 4.78 is 5.75. The molecule has 3 rings (SSSR count). The van der Waals surface area contributed by atoms with Gasteiger partial charge in [0.25, 0.3) is 0 Å². The minimum atomic E-state index is -0.842. The monoisotopic (exact) mass is 574 g/mol. The molecule has 0 fully saturated rings. The molecule has 0 unspecified atom stereocenters. The standard InChI is InChI=1S/C35H46N2O5/c1-5-7-9-18-29(20-26-15-10-8-11-16-26)34(41)42-25-35(3,4)36-33(40)28(14-6-2)22-32(39)37-23-30-19-13-12-17-27(30)21-31(37)24-38/h5-6,8,10-13,15-17,19,28-29,31,38H,1-2,7,9,14,18,20-25H2,3-4H3,(H,36,40)/t28-,29-,31+/m1/s1. The number of aliphatic hydroxyl groups is 1. The molecule has 1 aliphatic rings. The molecule has 0 radical (unpaired) electrons. The number of rotatable bonds is 16. The molecule has 2 N–H and O–H groups in total. The number of hydrogen-bond acceptors (Lipinski definition) is 5. The van der Waals surface area contributed by atoms with E-state index in [1.54, 1.807) is 24.8 Å². The Kier molecular flexibility index (Phi) is 12.5. The molecule has 1 aliphatic heterocycles. The summed E-state index contributed by atoms with van der Waals surface area (Å²) in [6.07, 6.45) is 7.32. The van der Waals surface area contributed by atoms with Crippen molar-refractivity contribution in [3.63, 3.8) is 0 Å². The van der Waals surface area contributed by atoms with E-state index in [0.717, 1.165) is 29.5 Å². The first-order valence-electron chi connectivity index (χ1n) is 14.9. The van der Waals surface area contributed by atoms with E-state index in [-0.39, 0.29) is 49.4 Å². The minimum absolute atomic E-state index is 0.00512. The van der Waals surface area contributed by atoms with Gasteiger partial charge in [0.05, 0.1) is 30.0 Å². The number of carbonyl (C=O) groups is 3. The summed E-state index contributed by atoms with van der Waals surface area (Å²) in [5.74, 6) is -1.69. The molecule has 2 aromatic carbocycles. The summed E-state index contributed by atoms with van der Waals surface area (Å²) in [6.45, 7) is 11.4. The number of ether oxygens (including phenoxy) is 1. The lowest BCUT2D eigenvalue weighted by Gasteiger charge is -2.37. The van der Waals surface area contributed by atoms with E-state index in [1.165, 1.54) is 0 Å². The largest absolute Gasteiger partial charge is 0.463 e. The summed E-state index contributed by atoms with van der Waals surface area (Å²) in [5.41, 5.74) is 2.41. The number of esters is 1. The molecular weight excluding hydrogens is 528 g/mol. The minimum Gasteiger partial charge on any atom is -0.463 e. The normalized spacial score (nSPS) is 16.1. The van der Waals surface area contributed by atoms with E-state index < -0.39 is 11.5 Å². The van der Waals surface area contributed by atoms with Crippen molar-refractivity contribution in [1.82, 2.24) is 10.2 Å². The lowest BCUT2D eigenvalue weighted by Crippen LogP contribution is -2.51. The number of hydrogen-bond donors (Lipinski definition) is 2. The van der Waals surface area contributed by atoms with Gasteiger partial charge in [0.2, 0.25) is 11.8 Å². The number of aliphatic hydroxyl groups excluding tert-OH is 1. The molecule has 7 heteroatoms. The third-order valence-corrected chi connectivity index (χ3v) is 7.79. The maximum absolute atomic E-state index is 13.4. The van der Waals surface area contributed by atoms with E-state index in [4.69, 9.17) is 4.74 Å². The van der Waals surface area contributed by atoms with Crippen molar-refractivity contribution in [1.29, 1.82) is 0 Å². The number of benzene rings is 2. The van der Waals surface area contributed by atoms with Crippen molar-refractivity contribution in [3.05, 3.63) is 96.6 Å². The van der Waals surface area contributed by atoms with Crippen LogP contribution < -0.4 is 5.32 Å². The van der Waals surface area contributed by atoms with Crippen LogP contribution in [0.2, 0.25) is 0 Å². The highest BCUT2D eigenvalue weighted by Gasteiger charge is 2.34. The van der Waals surface area contributed by atoms with Crippen LogP contribution in [0.5, 0.6) is 0 Å². The van der Waals surface area contributed by atoms with E-state index in [2.05, 4.69) is 18.5 Å². The van der Waals surface area contributed by atoms with Crippen LogP contribution in [0.15, 0.2) is 79.9 Å². The molecule has 0 saturated heterocycles. The van der Waals surface area contributed by atoms with Crippen LogP contribution in [0, 0.1) is 11.8 Å². The van der Waals surface area contributed by atoms with Crippen LogP contribution >= 0.6 is 0 Å². The number of carbonyl (C=O) groups excluding carboxylic acids is 3. The van der Waals surface area contributed by atoms with E-state index in [1.807, 2.05) is 60.7 Å². The molecule has 0 aliphatic carbocycles. The highest BCUT2D eigenvalue weighted by molar-refractivity contribution is 5.86. The van der Waals surface area contributed by atoms with E-state index in [0.29, 0.717) is 32.2 Å². The van der Waals surface area contributed by atoms with E-state index >= 15 is 0 Å². The lowest BCUT2D eigenvalue weighted by atomic mass is 9.92. The summed E-state index contributed by atoms with van der Waals surface area (Å²) in [6, 6.07) is 17.5. The van der Waals surface area contributed by atoms with Crippen molar-refractivity contribution in [2.24, 2.45) is 11.8 Å². The number of allylic oxidation sites excluding steroid dienone is 2. The smallest absolute Gasteiger partial charge is 0.309 e. The number of fused-ring (bicyclic) bond motifs is 1. The zero-order valence-electron chi connectivity index (χ0n) is 25.1. The van der Waals surface area contributed by atoms with Crippen LogP contribution in [-0.2, 0) is 38.5 Å². The topological polar surface area (TPSA) is 95.9 Å². The maximum atomic E-state index is 13.4. The zero-order chi connectivity index (χ0) is 30.5. The van der Waals surface area contributed by atoms with Crippen LogP contribution in [-0.4, -0.2) is 52.6 Å². The molecule has 7 nitrogen and oxygen atoms in total. The Balaban J connectivity index is 1.60. The quantitative estimate of drug-likeness (QED) is 0.164. The Bertz CT molecular complexity index is 1210. The summed E-state index contributed by atoms with van der Waals surface area (Å²) in [4.78, 5) is 41.6. The fraction of sp³-hybridized carbons (Fsp3) is 0.457. The molecule has 42 heavy (non-hydrogen) atoms.